The maximum Gasteiger partial charge on any atom is 0.119 e. The van der Waals surface area contributed by atoms with Crippen molar-refractivity contribution in [3.8, 4) is 5.75 Å². The van der Waals surface area contributed by atoms with Crippen LogP contribution in [-0.4, -0.2) is 24.4 Å². The average Bonchev–Trinajstić information content (AvgIpc) is 2.29. The van der Waals surface area contributed by atoms with E-state index >= 15 is 0 Å². The van der Waals surface area contributed by atoms with E-state index in [1.54, 1.807) is 14.0 Å². The smallest absolute Gasteiger partial charge is 0.119 e. The van der Waals surface area contributed by atoms with E-state index in [9.17, 15) is 5.11 Å². The molecule has 96 valence electrons. The Labute approximate surface area is 103 Å². The molecule has 1 aromatic carbocycles. The third kappa shape index (κ3) is 4.75. The molecule has 0 saturated heterocycles. The lowest BCUT2D eigenvalue weighted by atomic mass is 10.1. The summed E-state index contributed by atoms with van der Waals surface area (Å²) in [6.07, 6.45) is 0.401. The number of aliphatic hydroxyl groups is 1. The monoisotopic (exact) mass is 238 g/mol. The molecule has 0 aromatic heterocycles. The van der Waals surface area contributed by atoms with E-state index in [1.807, 2.05) is 38.1 Å². The van der Waals surface area contributed by atoms with Crippen molar-refractivity contribution in [1.82, 2.24) is 0 Å². The van der Waals surface area contributed by atoms with Crippen LogP contribution in [0, 0.1) is 0 Å². The SMILES string of the molecule is COC(C)(C)CCOc1ccc([C@H](C)O)cc1. The largest absolute Gasteiger partial charge is 0.493 e. The summed E-state index contributed by atoms with van der Waals surface area (Å²) in [7, 11) is 1.71. The number of benzene rings is 1. The Bertz CT molecular complexity index is 328. The molecule has 0 fully saturated rings. The second kappa shape index (κ2) is 6.03. The molecule has 0 saturated carbocycles. The van der Waals surface area contributed by atoms with Crippen LogP contribution in [0.15, 0.2) is 24.3 Å². The fourth-order valence-corrected chi connectivity index (χ4v) is 1.36. The van der Waals surface area contributed by atoms with Gasteiger partial charge in [-0.1, -0.05) is 12.1 Å². The Hall–Kier alpha value is -1.06. The van der Waals surface area contributed by atoms with Gasteiger partial charge in [-0.25, -0.2) is 0 Å². The van der Waals surface area contributed by atoms with Gasteiger partial charge in [0.25, 0.3) is 0 Å². The Morgan fingerprint density at radius 3 is 2.29 bits per heavy atom. The number of hydrogen-bond donors (Lipinski definition) is 1. The Morgan fingerprint density at radius 2 is 1.82 bits per heavy atom. The summed E-state index contributed by atoms with van der Waals surface area (Å²) < 4.78 is 10.9. The molecule has 0 bridgehead atoms. The van der Waals surface area contributed by atoms with Gasteiger partial charge >= 0.3 is 0 Å². The van der Waals surface area contributed by atoms with Crippen molar-refractivity contribution in [3.63, 3.8) is 0 Å². The molecule has 1 aromatic rings. The van der Waals surface area contributed by atoms with Gasteiger partial charge in [-0.2, -0.15) is 0 Å². The van der Waals surface area contributed by atoms with Crippen LogP contribution in [0.2, 0.25) is 0 Å². The molecular weight excluding hydrogens is 216 g/mol. The van der Waals surface area contributed by atoms with Crippen LogP contribution in [0.4, 0.5) is 0 Å². The van der Waals surface area contributed by atoms with Crippen molar-refractivity contribution in [2.24, 2.45) is 0 Å². The maximum absolute atomic E-state index is 9.37. The summed E-state index contributed by atoms with van der Waals surface area (Å²) in [4.78, 5) is 0. The van der Waals surface area contributed by atoms with Gasteiger partial charge in [-0.3, -0.25) is 0 Å². The van der Waals surface area contributed by atoms with Gasteiger partial charge in [0.1, 0.15) is 5.75 Å². The minimum absolute atomic E-state index is 0.153. The lowest BCUT2D eigenvalue weighted by Crippen LogP contribution is -2.25. The minimum atomic E-state index is -0.434. The molecule has 3 heteroatoms. The third-order valence-electron chi connectivity index (χ3n) is 2.89. The number of hydrogen-bond acceptors (Lipinski definition) is 3. The summed E-state index contributed by atoms with van der Waals surface area (Å²) in [5, 5.41) is 9.37. The first kappa shape index (κ1) is 14.0. The van der Waals surface area contributed by atoms with Crippen molar-refractivity contribution in [1.29, 1.82) is 0 Å². The normalized spacial score (nSPS) is 13.5. The predicted octanol–water partition coefficient (Wildman–Crippen LogP) is 2.93. The fourth-order valence-electron chi connectivity index (χ4n) is 1.36. The molecule has 0 aliphatic heterocycles. The van der Waals surface area contributed by atoms with Crippen LogP contribution in [-0.2, 0) is 4.74 Å². The lowest BCUT2D eigenvalue weighted by molar-refractivity contribution is 0.00545. The van der Waals surface area contributed by atoms with E-state index in [4.69, 9.17) is 9.47 Å². The van der Waals surface area contributed by atoms with E-state index in [0.717, 1.165) is 17.7 Å². The molecule has 0 aliphatic rings. The second-order valence-electron chi connectivity index (χ2n) is 4.81. The summed E-state index contributed by atoms with van der Waals surface area (Å²) in [5.41, 5.74) is 0.745. The van der Waals surface area contributed by atoms with E-state index in [0.29, 0.717) is 6.61 Å². The summed E-state index contributed by atoms with van der Waals surface area (Å²) in [6.45, 7) is 6.44. The first-order valence-electron chi connectivity index (χ1n) is 5.90. The van der Waals surface area contributed by atoms with Gasteiger partial charge in [0.2, 0.25) is 0 Å². The highest BCUT2D eigenvalue weighted by Crippen LogP contribution is 2.19. The topological polar surface area (TPSA) is 38.7 Å². The average molecular weight is 238 g/mol. The molecule has 0 aliphatic carbocycles. The first-order chi connectivity index (χ1) is 7.94. The van der Waals surface area contributed by atoms with Crippen LogP contribution < -0.4 is 4.74 Å². The Kier molecular flexibility index (Phi) is 4.97. The zero-order valence-corrected chi connectivity index (χ0v) is 11.1. The van der Waals surface area contributed by atoms with Crippen molar-refractivity contribution in [3.05, 3.63) is 29.8 Å². The molecule has 0 radical (unpaired) electrons. The molecule has 1 N–H and O–H groups in total. The molecule has 0 amide bonds. The fraction of sp³-hybridized carbons (Fsp3) is 0.571. The zero-order chi connectivity index (χ0) is 12.9. The summed E-state index contributed by atoms with van der Waals surface area (Å²) in [5.74, 6) is 0.821. The van der Waals surface area contributed by atoms with Crippen molar-refractivity contribution >= 4 is 0 Å². The maximum atomic E-state index is 9.37. The molecule has 0 spiro atoms. The van der Waals surface area contributed by atoms with E-state index in [-0.39, 0.29) is 5.60 Å². The van der Waals surface area contributed by atoms with Gasteiger partial charge in [0.15, 0.2) is 0 Å². The van der Waals surface area contributed by atoms with Gasteiger partial charge < -0.3 is 14.6 Å². The highest BCUT2D eigenvalue weighted by atomic mass is 16.5. The molecule has 1 rings (SSSR count). The predicted molar refractivity (Wildman–Crippen MR) is 68.3 cm³/mol. The van der Waals surface area contributed by atoms with Gasteiger partial charge in [0, 0.05) is 13.5 Å². The van der Waals surface area contributed by atoms with Crippen molar-refractivity contribution < 1.29 is 14.6 Å². The van der Waals surface area contributed by atoms with Crippen LogP contribution in [0.25, 0.3) is 0 Å². The minimum Gasteiger partial charge on any atom is -0.493 e. The van der Waals surface area contributed by atoms with Crippen molar-refractivity contribution in [2.75, 3.05) is 13.7 Å². The highest BCUT2D eigenvalue weighted by Gasteiger charge is 2.15. The van der Waals surface area contributed by atoms with E-state index in [2.05, 4.69) is 0 Å². The number of ether oxygens (including phenoxy) is 2. The van der Waals surface area contributed by atoms with Crippen LogP contribution in [0.3, 0.4) is 0 Å². The zero-order valence-electron chi connectivity index (χ0n) is 11.1. The van der Waals surface area contributed by atoms with Crippen LogP contribution in [0.1, 0.15) is 38.9 Å². The molecular formula is C14H22O3. The molecule has 17 heavy (non-hydrogen) atoms. The standard InChI is InChI=1S/C14H22O3/c1-11(15)12-5-7-13(8-6-12)17-10-9-14(2,3)16-4/h5-8,11,15H,9-10H2,1-4H3/t11-/m0/s1. The number of aliphatic hydroxyl groups excluding tert-OH is 1. The molecule has 0 heterocycles. The van der Waals surface area contributed by atoms with E-state index < -0.39 is 6.10 Å². The second-order valence-corrected chi connectivity index (χ2v) is 4.81. The number of methoxy groups -OCH3 is 1. The molecule has 3 nitrogen and oxygen atoms in total. The van der Waals surface area contributed by atoms with Crippen molar-refractivity contribution in [2.45, 2.75) is 38.9 Å². The molecule has 1 atom stereocenters. The Morgan fingerprint density at radius 1 is 1.24 bits per heavy atom. The van der Waals surface area contributed by atoms with Gasteiger partial charge in [-0.05, 0) is 38.5 Å². The van der Waals surface area contributed by atoms with Crippen LogP contribution >= 0.6 is 0 Å². The first-order valence-corrected chi connectivity index (χ1v) is 5.90. The van der Waals surface area contributed by atoms with Crippen LogP contribution in [0.5, 0.6) is 5.75 Å². The summed E-state index contributed by atoms with van der Waals surface area (Å²) in [6, 6.07) is 7.51. The number of rotatable bonds is 6. The quantitative estimate of drug-likeness (QED) is 0.828. The third-order valence-corrected chi connectivity index (χ3v) is 2.89. The highest BCUT2D eigenvalue weighted by molar-refractivity contribution is 5.28. The molecule has 0 unspecified atom stereocenters. The van der Waals surface area contributed by atoms with Gasteiger partial charge in [-0.15, -0.1) is 0 Å². The lowest BCUT2D eigenvalue weighted by Gasteiger charge is -2.22. The van der Waals surface area contributed by atoms with Gasteiger partial charge in [0.05, 0.1) is 18.3 Å². The van der Waals surface area contributed by atoms with E-state index in [1.165, 1.54) is 0 Å². The summed E-state index contributed by atoms with van der Waals surface area (Å²) >= 11 is 0. The Balaban J connectivity index is 2.42.